The van der Waals surface area contributed by atoms with Crippen molar-refractivity contribution in [2.75, 3.05) is 0 Å². The van der Waals surface area contributed by atoms with Crippen LogP contribution in [0.5, 0.6) is 0 Å². The molecule has 80 valence electrons. The molecule has 0 aliphatic heterocycles. The molecule has 0 aliphatic carbocycles. The molecular weight excluding hydrogens is 259 g/mol. The average Bonchev–Trinajstić information content (AvgIpc) is 2.42. The van der Waals surface area contributed by atoms with Crippen LogP contribution in [-0.4, -0.2) is 18.0 Å². The molecule has 0 amide bonds. The number of hydrogen-bond donors (Lipinski definition) is 0. The Hall–Kier alpha value is -0.780. The number of halogens is 2. The molecule has 0 aromatic carbocycles. The zero-order valence-corrected chi connectivity index (χ0v) is 9.94. The molecule has 15 heavy (non-hydrogen) atoms. The lowest BCUT2D eigenvalue weighted by Crippen LogP contribution is -1.88. The van der Waals surface area contributed by atoms with E-state index in [0.29, 0.717) is 10.9 Å². The first-order valence-corrected chi connectivity index (χ1v) is 6.63. The summed E-state index contributed by atoms with van der Waals surface area (Å²) in [5, 5.41) is 0.711. The van der Waals surface area contributed by atoms with Crippen LogP contribution in [0.3, 0.4) is 0 Å². The van der Waals surface area contributed by atoms with Crippen LogP contribution in [-0.2, 0) is 16.1 Å². The molecule has 0 aliphatic rings. The second-order valence-electron chi connectivity index (χ2n) is 3.07. The predicted octanol–water partition coefficient (Wildman–Crippen LogP) is 2.15. The van der Waals surface area contributed by atoms with Gasteiger partial charge in [0.05, 0.1) is 11.7 Å². The quantitative estimate of drug-likeness (QED) is 0.586. The van der Waals surface area contributed by atoms with Gasteiger partial charge < -0.3 is 4.57 Å². The molecule has 2 aromatic rings. The van der Waals surface area contributed by atoms with Crippen LogP contribution in [0.4, 0.5) is 0 Å². The third kappa shape index (κ3) is 1.82. The number of nitrogens with zero attached hydrogens (tertiary/aromatic N) is 2. The summed E-state index contributed by atoms with van der Waals surface area (Å²) < 4.78 is 24.2. The number of hydrogen-bond acceptors (Lipinski definition) is 3. The Labute approximate surface area is 95.9 Å². The van der Waals surface area contributed by atoms with E-state index in [1.54, 1.807) is 11.6 Å². The maximum atomic E-state index is 11.3. The molecule has 2 aromatic heterocycles. The molecule has 0 atom stereocenters. The van der Waals surface area contributed by atoms with Crippen molar-refractivity contribution in [2.45, 2.75) is 4.90 Å². The van der Waals surface area contributed by atoms with Gasteiger partial charge in [0.2, 0.25) is 0 Å². The fourth-order valence-electron chi connectivity index (χ4n) is 1.41. The van der Waals surface area contributed by atoms with E-state index in [-0.39, 0.29) is 10.0 Å². The summed E-state index contributed by atoms with van der Waals surface area (Å²) in [6.07, 6.45) is 2.94. The van der Waals surface area contributed by atoms with Crippen molar-refractivity contribution in [1.82, 2.24) is 9.55 Å². The van der Waals surface area contributed by atoms with E-state index in [4.69, 9.17) is 22.3 Å². The highest BCUT2D eigenvalue weighted by Crippen LogP contribution is 2.28. The minimum absolute atomic E-state index is 0.0472. The third-order valence-electron chi connectivity index (χ3n) is 2.07. The van der Waals surface area contributed by atoms with Crippen molar-refractivity contribution in [3.8, 4) is 0 Å². The van der Waals surface area contributed by atoms with Crippen molar-refractivity contribution in [1.29, 1.82) is 0 Å². The molecule has 0 saturated carbocycles. The van der Waals surface area contributed by atoms with Crippen LogP contribution in [0.15, 0.2) is 23.4 Å². The topological polar surface area (TPSA) is 52.0 Å². The number of aryl methyl sites for hydroxylation is 1. The molecule has 0 spiro atoms. The Balaban J connectivity index is 2.94. The van der Waals surface area contributed by atoms with E-state index in [9.17, 15) is 8.42 Å². The van der Waals surface area contributed by atoms with Gasteiger partial charge in [-0.05, 0) is 6.07 Å². The van der Waals surface area contributed by atoms with Crippen molar-refractivity contribution in [3.05, 3.63) is 23.6 Å². The fourth-order valence-corrected chi connectivity index (χ4v) is 2.65. The van der Waals surface area contributed by atoms with Gasteiger partial charge in [-0.15, -0.1) is 0 Å². The van der Waals surface area contributed by atoms with Crippen molar-refractivity contribution in [3.63, 3.8) is 0 Å². The van der Waals surface area contributed by atoms with Crippen molar-refractivity contribution in [2.24, 2.45) is 7.05 Å². The Morgan fingerprint density at radius 2 is 2.13 bits per heavy atom. The van der Waals surface area contributed by atoms with Gasteiger partial charge in [-0.2, -0.15) is 0 Å². The zero-order chi connectivity index (χ0) is 11.2. The molecule has 0 bridgehead atoms. The lowest BCUT2D eigenvalue weighted by Gasteiger charge is -1.95. The first-order chi connectivity index (χ1) is 6.89. The third-order valence-corrected chi connectivity index (χ3v) is 3.62. The first-order valence-electron chi connectivity index (χ1n) is 3.95. The largest absolute Gasteiger partial charge is 0.348 e. The summed E-state index contributed by atoms with van der Waals surface area (Å²) >= 11 is 5.69. The molecule has 0 saturated heterocycles. The Morgan fingerprint density at radius 3 is 2.73 bits per heavy atom. The summed E-state index contributed by atoms with van der Waals surface area (Å²) in [6.45, 7) is 0. The molecule has 7 heteroatoms. The first kappa shape index (κ1) is 10.7. The lowest BCUT2D eigenvalue weighted by molar-refractivity contribution is 0.610. The van der Waals surface area contributed by atoms with Crippen LogP contribution in [0.2, 0.25) is 5.15 Å². The van der Waals surface area contributed by atoms with Gasteiger partial charge in [0.1, 0.15) is 10.0 Å². The Kier molecular flexibility index (Phi) is 2.41. The highest BCUT2D eigenvalue weighted by Gasteiger charge is 2.18. The van der Waals surface area contributed by atoms with Gasteiger partial charge >= 0.3 is 0 Å². The monoisotopic (exact) mass is 264 g/mol. The standard InChI is InChI=1S/C8H6Cl2N2O2S/c1-12-4-7(15(10,13)14)5-2-8(9)11-3-6(5)12/h2-4H,1H3. The van der Waals surface area contributed by atoms with Gasteiger partial charge in [-0.3, -0.25) is 0 Å². The van der Waals surface area contributed by atoms with Crippen LogP contribution < -0.4 is 0 Å². The Bertz CT molecular complexity index is 633. The highest BCUT2D eigenvalue weighted by molar-refractivity contribution is 8.14. The van der Waals surface area contributed by atoms with Gasteiger partial charge in [-0.25, -0.2) is 13.4 Å². The number of rotatable bonds is 1. The van der Waals surface area contributed by atoms with Crippen LogP contribution >= 0.6 is 22.3 Å². The summed E-state index contributed by atoms with van der Waals surface area (Å²) in [4.78, 5) is 3.92. The van der Waals surface area contributed by atoms with Crippen LogP contribution in [0.25, 0.3) is 10.9 Å². The zero-order valence-electron chi connectivity index (χ0n) is 7.61. The van der Waals surface area contributed by atoms with Crippen LogP contribution in [0.1, 0.15) is 0 Å². The SMILES string of the molecule is Cn1cc(S(=O)(=O)Cl)c2cc(Cl)ncc21. The average molecular weight is 265 g/mol. The molecule has 0 N–H and O–H groups in total. The van der Waals surface area contributed by atoms with Gasteiger partial charge in [0, 0.05) is 29.3 Å². The van der Waals surface area contributed by atoms with Gasteiger partial charge in [0.25, 0.3) is 9.05 Å². The second kappa shape index (κ2) is 3.37. The number of fused-ring (bicyclic) bond motifs is 1. The molecule has 0 fully saturated rings. The summed E-state index contributed by atoms with van der Waals surface area (Å²) in [5.74, 6) is 0. The maximum Gasteiger partial charge on any atom is 0.263 e. The lowest BCUT2D eigenvalue weighted by atomic mass is 10.3. The molecule has 0 radical (unpaired) electrons. The molecular formula is C8H6Cl2N2O2S. The van der Waals surface area contributed by atoms with Crippen molar-refractivity contribution < 1.29 is 8.42 Å². The second-order valence-corrected chi connectivity index (χ2v) is 5.99. The Morgan fingerprint density at radius 1 is 1.47 bits per heavy atom. The smallest absolute Gasteiger partial charge is 0.263 e. The minimum Gasteiger partial charge on any atom is -0.348 e. The molecule has 2 rings (SSSR count). The molecule has 0 unspecified atom stereocenters. The predicted molar refractivity (Wildman–Crippen MR) is 58.8 cm³/mol. The maximum absolute atomic E-state index is 11.3. The van der Waals surface area contributed by atoms with E-state index in [0.717, 1.165) is 0 Å². The highest BCUT2D eigenvalue weighted by atomic mass is 35.7. The number of aromatic nitrogens is 2. The van der Waals surface area contributed by atoms with Gasteiger partial charge in [-0.1, -0.05) is 11.6 Å². The fraction of sp³-hybridized carbons (Fsp3) is 0.125. The number of pyridine rings is 1. The van der Waals surface area contributed by atoms with Crippen LogP contribution in [0, 0.1) is 0 Å². The summed E-state index contributed by atoms with van der Waals surface area (Å²) in [6, 6.07) is 1.48. The summed E-state index contributed by atoms with van der Waals surface area (Å²) in [7, 11) is 3.25. The molecule has 4 nitrogen and oxygen atoms in total. The van der Waals surface area contributed by atoms with E-state index >= 15 is 0 Å². The van der Waals surface area contributed by atoms with E-state index in [1.165, 1.54) is 18.5 Å². The minimum atomic E-state index is -3.76. The van der Waals surface area contributed by atoms with Gasteiger partial charge in [0.15, 0.2) is 0 Å². The van der Waals surface area contributed by atoms with E-state index in [2.05, 4.69) is 4.98 Å². The van der Waals surface area contributed by atoms with E-state index in [1.807, 2.05) is 0 Å². The van der Waals surface area contributed by atoms with Crippen molar-refractivity contribution >= 4 is 42.2 Å². The normalized spacial score (nSPS) is 12.2. The summed E-state index contributed by atoms with van der Waals surface area (Å²) in [5.41, 5.74) is 0.665. The van der Waals surface area contributed by atoms with E-state index < -0.39 is 9.05 Å². The molecule has 2 heterocycles.